The van der Waals surface area contributed by atoms with Gasteiger partial charge in [0.05, 0.1) is 5.69 Å². The van der Waals surface area contributed by atoms with E-state index in [2.05, 4.69) is 17.1 Å². The van der Waals surface area contributed by atoms with E-state index in [9.17, 15) is 4.39 Å². The van der Waals surface area contributed by atoms with Crippen molar-refractivity contribution < 1.29 is 9.50 Å². The lowest BCUT2D eigenvalue weighted by Crippen LogP contribution is -2.41. The monoisotopic (exact) mass is 294 g/mol. The van der Waals surface area contributed by atoms with Gasteiger partial charge < -0.3 is 15.3 Å². The predicted molar refractivity (Wildman–Crippen MR) is 85.2 cm³/mol. The number of hydrogen-bond donors (Lipinski definition) is 2. The number of hydrogen-bond acceptors (Lipinski definition) is 3. The zero-order valence-corrected chi connectivity index (χ0v) is 13.1. The van der Waals surface area contributed by atoms with E-state index in [1.807, 2.05) is 19.1 Å². The summed E-state index contributed by atoms with van der Waals surface area (Å²) in [5, 5.41) is 12.4. The van der Waals surface area contributed by atoms with E-state index in [1.165, 1.54) is 6.42 Å². The Morgan fingerprint density at radius 3 is 2.71 bits per heavy atom. The van der Waals surface area contributed by atoms with Crippen molar-refractivity contribution in [3.05, 3.63) is 29.6 Å². The Labute approximate surface area is 127 Å². The molecule has 0 saturated heterocycles. The second kappa shape index (κ2) is 7.76. The Morgan fingerprint density at radius 1 is 1.43 bits per heavy atom. The first-order chi connectivity index (χ1) is 10.2. The maximum atomic E-state index is 14.5. The average molecular weight is 294 g/mol. The molecular weight excluding hydrogens is 267 g/mol. The maximum Gasteiger partial charge on any atom is 0.146 e. The fraction of sp³-hybridized carbons (Fsp3) is 0.647. The summed E-state index contributed by atoms with van der Waals surface area (Å²) in [5.74, 6) is -0.151. The first kappa shape index (κ1) is 16.2. The van der Waals surface area contributed by atoms with Gasteiger partial charge in [0.25, 0.3) is 0 Å². The highest BCUT2D eigenvalue weighted by Gasteiger charge is 2.26. The Balaban J connectivity index is 2.16. The molecule has 1 aliphatic carbocycles. The number of benzene rings is 1. The molecule has 21 heavy (non-hydrogen) atoms. The zero-order valence-electron chi connectivity index (χ0n) is 13.1. The van der Waals surface area contributed by atoms with Gasteiger partial charge in [-0.3, -0.25) is 0 Å². The zero-order chi connectivity index (χ0) is 15.2. The third kappa shape index (κ3) is 3.95. The molecule has 1 unspecified atom stereocenters. The third-order valence-corrected chi connectivity index (χ3v) is 4.36. The van der Waals surface area contributed by atoms with E-state index >= 15 is 0 Å². The lowest BCUT2D eigenvalue weighted by atomic mass is 9.90. The molecule has 2 rings (SSSR count). The molecule has 0 amide bonds. The normalized spacial score (nSPS) is 16.6. The summed E-state index contributed by atoms with van der Waals surface area (Å²) in [6.45, 7) is 5.84. The van der Waals surface area contributed by atoms with Gasteiger partial charge in [0.2, 0.25) is 0 Å². The smallest absolute Gasteiger partial charge is 0.146 e. The van der Waals surface area contributed by atoms with Gasteiger partial charge in [0, 0.05) is 25.2 Å². The van der Waals surface area contributed by atoms with Crippen LogP contribution in [0.1, 0.15) is 51.1 Å². The van der Waals surface area contributed by atoms with Crippen molar-refractivity contribution in [2.75, 3.05) is 24.6 Å². The van der Waals surface area contributed by atoms with Gasteiger partial charge in [-0.25, -0.2) is 4.39 Å². The molecule has 0 spiro atoms. The number of halogens is 1. The Bertz CT molecular complexity index is 448. The molecule has 0 heterocycles. The molecule has 1 saturated carbocycles. The number of aliphatic hydroxyl groups excluding tert-OH is 1. The number of anilines is 1. The molecule has 1 aromatic carbocycles. The van der Waals surface area contributed by atoms with Crippen molar-refractivity contribution in [2.45, 2.75) is 51.6 Å². The minimum absolute atomic E-state index is 0.151. The molecule has 4 heteroatoms. The molecule has 3 nitrogen and oxygen atoms in total. The van der Waals surface area contributed by atoms with Crippen molar-refractivity contribution >= 4 is 5.69 Å². The number of nitrogens with one attached hydrogen (secondary N) is 1. The van der Waals surface area contributed by atoms with Gasteiger partial charge in [-0.05, 0) is 56.8 Å². The topological polar surface area (TPSA) is 35.5 Å². The van der Waals surface area contributed by atoms with Gasteiger partial charge in [-0.1, -0.05) is 13.0 Å². The lowest BCUT2D eigenvalue weighted by Gasteiger charge is -2.39. The van der Waals surface area contributed by atoms with Crippen LogP contribution < -0.4 is 10.2 Å². The lowest BCUT2D eigenvalue weighted by molar-refractivity contribution is 0.282. The van der Waals surface area contributed by atoms with Crippen LogP contribution in [0.4, 0.5) is 10.1 Å². The second-order valence-electron chi connectivity index (χ2n) is 5.85. The van der Waals surface area contributed by atoms with Crippen LogP contribution in [-0.4, -0.2) is 30.8 Å². The van der Waals surface area contributed by atoms with Gasteiger partial charge in [-0.2, -0.15) is 0 Å². The standard InChI is InChI=1S/C17H27FN2O/c1-3-19-13(2)14-8-9-17(16(18)12-14)20(10-5-11-21)15-6-4-7-15/h8-9,12-13,15,19,21H,3-7,10-11H2,1-2H3. The quantitative estimate of drug-likeness (QED) is 0.772. The van der Waals surface area contributed by atoms with Crippen LogP contribution >= 0.6 is 0 Å². The van der Waals surface area contributed by atoms with Gasteiger partial charge in [0.15, 0.2) is 0 Å². The van der Waals surface area contributed by atoms with E-state index < -0.39 is 0 Å². The molecule has 0 aromatic heterocycles. The molecule has 2 N–H and O–H groups in total. The van der Waals surface area contributed by atoms with E-state index in [4.69, 9.17) is 5.11 Å². The summed E-state index contributed by atoms with van der Waals surface area (Å²) >= 11 is 0. The fourth-order valence-corrected chi connectivity index (χ4v) is 2.89. The predicted octanol–water partition coefficient (Wildman–Crippen LogP) is 3.24. The van der Waals surface area contributed by atoms with Gasteiger partial charge >= 0.3 is 0 Å². The second-order valence-corrected chi connectivity index (χ2v) is 5.85. The number of nitrogens with zero attached hydrogens (tertiary/aromatic N) is 1. The van der Waals surface area contributed by atoms with Crippen LogP contribution in [0.5, 0.6) is 0 Å². The van der Waals surface area contributed by atoms with E-state index in [0.717, 1.165) is 31.5 Å². The van der Waals surface area contributed by atoms with Crippen molar-refractivity contribution in [2.24, 2.45) is 0 Å². The molecule has 0 aliphatic heterocycles. The van der Waals surface area contributed by atoms with Crippen LogP contribution in [0, 0.1) is 5.82 Å². The number of rotatable bonds is 8. The van der Waals surface area contributed by atoms with Crippen molar-refractivity contribution in [1.29, 1.82) is 0 Å². The first-order valence-electron chi connectivity index (χ1n) is 8.07. The fourth-order valence-electron chi connectivity index (χ4n) is 2.89. The Morgan fingerprint density at radius 2 is 2.19 bits per heavy atom. The van der Waals surface area contributed by atoms with Crippen LogP contribution in [0.2, 0.25) is 0 Å². The van der Waals surface area contributed by atoms with Crippen molar-refractivity contribution in [1.82, 2.24) is 5.32 Å². The highest BCUT2D eigenvalue weighted by atomic mass is 19.1. The SMILES string of the molecule is CCNC(C)c1ccc(N(CCCO)C2CCC2)c(F)c1. The van der Waals surface area contributed by atoms with Crippen LogP contribution in [0.3, 0.4) is 0 Å². The van der Waals surface area contributed by atoms with Crippen LogP contribution in [-0.2, 0) is 0 Å². The molecular formula is C17H27FN2O. The summed E-state index contributed by atoms with van der Waals surface area (Å²) in [5.41, 5.74) is 1.66. The average Bonchev–Trinajstić information content (AvgIpc) is 2.41. The van der Waals surface area contributed by atoms with Crippen molar-refractivity contribution in [3.63, 3.8) is 0 Å². The minimum atomic E-state index is -0.151. The van der Waals surface area contributed by atoms with Crippen molar-refractivity contribution in [3.8, 4) is 0 Å². The molecule has 118 valence electrons. The number of aliphatic hydroxyl groups is 1. The minimum Gasteiger partial charge on any atom is -0.396 e. The maximum absolute atomic E-state index is 14.5. The largest absolute Gasteiger partial charge is 0.396 e. The summed E-state index contributed by atoms with van der Waals surface area (Å²) in [6.07, 6.45) is 4.16. The summed E-state index contributed by atoms with van der Waals surface area (Å²) in [7, 11) is 0. The first-order valence-corrected chi connectivity index (χ1v) is 8.07. The Hall–Kier alpha value is -1.13. The van der Waals surface area contributed by atoms with Gasteiger partial charge in [0.1, 0.15) is 5.82 Å². The van der Waals surface area contributed by atoms with E-state index in [0.29, 0.717) is 18.2 Å². The van der Waals surface area contributed by atoms with E-state index in [1.54, 1.807) is 6.07 Å². The highest BCUT2D eigenvalue weighted by Crippen LogP contribution is 2.32. The molecule has 0 radical (unpaired) electrons. The van der Waals surface area contributed by atoms with Crippen LogP contribution in [0.25, 0.3) is 0 Å². The molecule has 1 fully saturated rings. The summed E-state index contributed by atoms with van der Waals surface area (Å²) in [4.78, 5) is 2.14. The Kier molecular flexibility index (Phi) is 6.00. The third-order valence-electron chi connectivity index (χ3n) is 4.36. The van der Waals surface area contributed by atoms with E-state index in [-0.39, 0.29) is 18.5 Å². The summed E-state index contributed by atoms with van der Waals surface area (Å²) < 4.78 is 14.5. The van der Waals surface area contributed by atoms with Gasteiger partial charge in [-0.15, -0.1) is 0 Å². The summed E-state index contributed by atoms with van der Waals surface area (Å²) in [6, 6.07) is 6.15. The highest BCUT2D eigenvalue weighted by molar-refractivity contribution is 5.51. The molecule has 1 aromatic rings. The molecule has 1 atom stereocenters. The molecule has 1 aliphatic rings. The van der Waals surface area contributed by atoms with Crippen LogP contribution in [0.15, 0.2) is 18.2 Å². The molecule has 0 bridgehead atoms.